The van der Waals surface area contributed by atoms with E-state index in [9.17, 15) is 23.2 Å². The minimum atomic E-state index is -2.88. The zero-order chi connectivity index (χ0) is 22.2. The Morgan fingerprint density at radius 2 is 1.81 bits per heavy atom. The van der Waals surface area contributed by atoms with Gasteiger partial charge in [0.05, 0.1) is 6.54 Å². The molecule has 1 aliphatic carbocycles. The van der Waals surface area contributed by atoms with Crippen molar-refractivity contribution in [1.29, 1.82) is 0 Å². The largest absolute Gasteiger partial charge is 0.438 e. The van der Waals surface area contributed by atoms with Gasteiger partial charge in [0, 0.05) is 24.6 Å². The van der Waals surface area contributed by atoms with Crippen LogP contribution in [0.5, 0.6) is 11.6 Å². The van der Waals surface area contributed by atoms with Crippen LogP contribution in [0.15, 0.2) is 42.6 Å². The summed E-state index contributed by atoms with van der Waals surface area (Å²) in [5.74, 6) is -3.32. The Morgan fingerprint density at radius 1 is 1.13 bits per heavy atom. The van der Waals surface area contributed by atoms with E-state index in [-0.39, 0.29) is 24.3 Å². The second kappa shape index (κ2) is 7.88. The third kappa shape index (κ3) is 4.10. The second-order valence-corrected chi connectivity index (χ2v) is 7.98. The van der Waals surface area contributed by atoms with Gasteiger partial charge in [-0.15, -0.1) is 0 Å². The molecular formula is C21H18ClF2N3O4. The highest BCUT2D eigenvalue weighted by atomic mass is 35.5. The molecule has 1 N–H and O–H groups in total. The lowest BCUT2D eigenvalue weighted by atomic mass is 9.78. The molecular weight excluding hydrogens is 432 g/mol. The molecule has 10 heteroatoms. The quantitative estimate of drug-likeness (QED) is 0.545. The van der Waals surface area contributed by atoms with Crippen LogP contribution in [-0.2, 0) is 4.79 Å². The van der Waals surface area contributed by atoms with Gasteiger partial charge < -0.3 is 9.64 Å². The first-order chi connectivity index (χ1) is 14.7. The van der Waals surface area contributed by atoms with Crippen molar-refractivity contribution in [3.05, 3.63) is 53.2 Å². The lowest BCUT2D eigenvalue weighted by molar-refractivity contribution is -0.133. The summed E-state index contributed by atoms with van der Waals surface area (Å²) in [5.41, 5.74) is -1.13. The average molecular weight is 450 g/mol. The molecule has 1 saturated carbocycles. The molecule has 1 saturated heterocycles. The molecule has 1 aliphatic heterocycles. The number of rotatable bonds is 5. The number of alkyl halides is 2. The molecule has 0 radical (unpaired) electrons. The maximum absolute atomic E-state index is 13.6. The molecule has 3 amide bonds. The predicted molar refractivity (Wildman–Crippen MR) is 106 cm³/mol. The van der Waals surface area contributed by atoms with Gasteiger partial charge in [0.1, 0.15) is 16.3 Å². The van der Waals surface area contributed by atoms with E-state index in [0.717, 1.165) is 4.90 Å². The van der Waals surface area contributed by atoms with Crippen LogP contribution in [0.1, 0.15) is 36.0 Å². The fourth-order valence-electron chi connectivity index (χ4n) is 3.85. The Morgan fingerprint density at radius 3 is 2.45 bits per heavy atom. The number of aromatic nitrogens is 1. The molecule has 1 spiro atoms. The number of halogens is 3. The molecule has 1 aromatic carbocycles. The van der Waals surface area contributed by atoms with E-state index >= 15 is 0 Å². The smallest absolute Gasteiger partial charge is 0.325 e. The number of ether oxygens (including phenoxy) is 1. The van der Waals surface area contributed by atoms with Gasteiger partial charge in [0.25, 0.3) is 5.91 Å². The lowest BCUT2D eigenvalue weighted by Crippen LogP contribution is -2.54. The molecule has 0 atom stereocenters. The fourth-order valence-corrected chi connectivity index (χ4v) is 4.01. The fraction of sp³-hybridized carbons (Fsp3) is 0.333. The van der Waals surface area contributed by atoms with E-state index in [4.69, 9.17) is 16.3 Å². The van der Waals surface area contributed by atoms with Crippen LogP contribution in [0.3, 0.4) is 0 Å². The number of hydrogen-bond acceptors (Lipinski definition) is 5. The number of ketones is 1. The highest BCUT2D eigenvalue weighted by molar-refractivity contribution is 6.31. The van der Waals surface area contributed by atoms with E-state index in [0.29, 0.717) is 10.8 Å². The van der Waals surface area contributed by atoms with Gasteiger partial charge in [-0.2, -0.15) is 0 Å². The average Bonchev–Trinajstić information content (AvgIpc) is 2.96. The summed E-state index contributed by atoms with van der Waals surface area (Å²) in [7, 11) is 0. The van der Waals surface area contributed by atoms with Crippen molar-refractivity contribution in [2.24, 2.45) is 0 Å². The van der Waals surface area contributed by atoms with Gasteiger partial charge in [-0.1, -0.05) is 11.6 Å². The number of Topliss-reactive ketones (excluding diaryl/α,β-unsaturated/α-hetero) is 1. The Hall–Kier alpha value is -3.07. The Bertz CT molecular complexity index is 1040. The van der Waals surface area contributed by atoms with Gasteiger partial charge in [-0.3, -0.25) is 14.9 Å². The molecule has 2 fully saturated rings. The van der Waals surface area contributed by atoms with Gasteiger partial charge in [0.2, 0.25) is 11.8 Å². The van der Waals surface area contributed by atoms with Gasteiger partial charge in [-0.25, -0.2) is 18.6 Å². The molecule has 162 valence electrons. The Kier molecular flexibility index (Phi) is 5.38. The molecule has 4 rings (SSSR count). The third-order valence-electron chi connectivity index (χ3n) is 5.63. The van der Waals surface area contributed by atoms with Gasteiger partial charge >= 0.3 is 6.03 Å². The number of imide groups is 1. The van der Waals surface area contributed by atoms with Gasteiger partial charge in [-0.05, 0) is 49.2 Å². The van der Waals surface area contributed by atoms with E-state index in [1.165, 1.54) is 18.3 Å². The first-order valence-electron chi connectivity index (χ1n) is 9.63. The summed E-state index contributed by atoms with van der Waals surface area (Å²) in [5, 5.41) is 2.49. The van der Waals surface area contributed by atoms with Crippen molar-refractivity contribution in [2.45, 2.75) is 37.1 Å². The maximum atomic E-state index is 13.6. The summed E-state index contributed by atoms with van der Waals surface area (Å²) in [4.78, 5) is 42.6. The molecule has 0 unspecified atom stereocenters. The number of benzene rings is 1. The SMILES string of the molecule is O=C(CN1C(=O)NC(=O)C12CCC(F)(F)CC2)c1ccc(Oc2ncccc2Cl)cc1. The Balaban J connectivity index is 1.47. The maximum Gasteiger partial charge on any atom is 0.325 e. The first-order valence-corrected chi connectivity index (χ1v) is 10.0. The molecule has 31 heavy (non-hydrogen) atoms. The van der Waals surface area contributed by atoms with E-state index < -0.39 is 48.6 Å². The number of nitrogens with zero attached hydrogens (tertiary/aromatic N) is 2. The summed E-state index contributed by atoms with van der Waals surface area (Å²) in [6.45, 7) is -0.393. The first kappa shape index (κ1) is 21.2. The zero-order valence-corrected chi connectivity index (χ0v) is 17.0. The highest BCUT2D eigenvalue weighted by Crippen LogP contribution is 2.43. The van der Waals surface area contributed by atoms with Crippen LogP contribution >= 0.6 is 11.6 Å². The van der Waals surface area contributed by atoms with E-state index in [1.54, 1.807) is 24.3 Å². The number of nitrogens with one attached hydrogen (secondary N) is 1. The summed E-state index contributed by atoms with van der Waals surface area (Å²) in [6, 6.07) is 8.65. The molecule has 7 nitrogen and oxygen atoms in total. The normalized spacial score (nSPS) is 19.4. The third-order valence-corrected chi connectivity index (χ3v) is 5.92. The molecule has 1 aromatic heterocycles. The van der Waals surface area contributed by atoms with Crippen LogP contribution in [0.4, 0.5) is 13.6 Å². The molecule has 2 aliphatic rings. The van der Waals surface area contributed by atoms with Crippen LogP contribution in [0.25, 0.3) is 0 Å². The predicted octanol–water partition coefficient (Wildman–Crippen LogP) is 4.21. The highest BCUT2D eigenvalue weighted by Gasteiger charge is 2.57. The number of urea groups is 1. The molecule has 0 bridgehead atoms. The monoisotopic (exact) mass is 449 g/mol. The van der Waals surface area contributed by atoms with Crippen LogP contribution in [-0.4, -0.2) is 45.6 Å². The number of amides is 3. The van der Waals surface area contributed by atoms with Crippen molar-refractivity contribution >= 4 is 29.3 Å². The summed E-state index contributed by atoms with van der Waals surface area (Å²) < 4.78 is 32.8. The van der Waals surface area contributed by atoms with Crippen molar-refractivity contribution in [3.8, 4) is 11.6 Å². The van der Waals surface area contributed by atoms with Crippen molar-refractivity contribution in [2.75, 3.05) is 6.54 Å². The summed E-state index contributed by atoms with van der Waals surface area (Å²) in [6.07, 6.45) is 0.115. The van der Waals surface area contributed by atoms with Gasteiger partial charge in [0.15, 0.2) is 5.78 Å². The number of carbonyl (C=O) groups is 3. The van der Waals surface area contributed by atoms with Crippen molar-refractivity contribution < 1.29 is 27.9 Å². The van der Waals surface area contributed by atoms with Crippen molar-refractivity contribution in [3.63, 3.8) is 0 Å². The second-order valence-electron chi connectivity index (χ2n) is 7.57. The number of pyridine rings is 1. The minimum Gasteiger partial charge on any atom is -0.438 e. The van der Waals surface area contributed by atoms with Crippen molar-refractivity contribution in [1.82, 2.24) is 15.2 Å². The topological polar surface area (TPSA) is 88.6 Å². The van der Waals surface area contributed by atoms with E-state index in [1.807, 2.05) is 0 Å². The lowest BCUT2D eigenvalue weighted by Gasteiger charge is -2.40. The Labute approximate surface area is 181 Å². The van der Waals surface area contributed by atoms with Crippen LogP contribution in [0, 0.1) is 0 Å². The van der Waals surface area contributed by atoms with Crippen LogP contribution < -0.4 is 10.1 Å². The number of carbonyl (C=O) groups excluding carboxylic acids is 3. The standard InChI is InChI=1S/C21H18ClF2N3O4/c22-15-2-1-11-25-17(15)31-14-5-3-13(4-6-14)16(28)12-27-19(30)26-18(29)20(27)7-9-21(23,24)10-8-20/h1-6,11H,7-10,12H2,(H,26,29,30). The molecule has 2 heterocycles. The van der Waals surface area contributed by atoms with Crippen LogP contribution in [0.2, 0.25) is 5.02 Å². The zero-order valence-electron chi connectivity index (χ0n) is 16.2. The minimum absolute atomic E-state index is 0.192. The molecule has 2 aromatic rings. The van der Waals surface area contributed by atoms with E-state index in [2.05, 4.69) is 10.3 Å². The summed E-state index contributed by atoms with van der Waals surface area (Å²) >= 11 is 6.01. The number of hydrogen-bond donors (Lipinski definition) is 1.